The van der Waals surface area contributed by atoms with Gasteiger partial charge in [-0.15, -0.1) is 0 Å². The third-order valence-electron chi connectivity index (χ3n) is 6.98. The number of benzene rings is 2. The van der Waals surface area contributed by atoms with Crippen molar-refractivity contribution in [2.75, 3.05) is 25.2 Å². The van der Waals surface area contributed by atoms with Crippen LogP contribution in [-0.4, -0.2) is 65.2 Å². The van der Waals surface area contributed by atoms with Crippen LogP contribution in [0.25, 0.3) is 11.1 Å². The third-order valence-corrected chi connectivity index (χ3v) is 7.62. The van der Waals surface area contributed by atoms with Crippen LogP contribution in [0.4, 0.5) is 4.79 Å². The maximum absolute atomic E-state index is 13.3. The highest BCUT2D eigenvalue weighted by Crippen LogP contribution is 2.44. The van der Waals surface area contributed by atoms with Crippen LogP contribution < -0.4 is 5.32 Å². The average molecular weight is 497 g/mol. The molecule has 0 spiro atoms. The van der Waals surface area contributed by atoms with E-state index in [2.05, 4.69) is 29.6 Å². The van der Waals surface area contributed by atoms with E-state index in [1.165, 1.54) is 4.90 Å². The van der Waals surface area contributed by atoms with Crippen LogP contribution in [0.5, 0.6) is 0 Å². The second-order valence-electron chi connectivity index (χ2n) is 9.32. The van der Waals surface area contributed by atoms with E-state index in [1.807, 2.05) is 37.4 Å². The lowest BCUT2D eigenvalue weighted by molar-refractivity contribution is -0.153. The van der Waals surface area contributed by atoms with E-state index in [4.69, 9.17) is 4.74 Å². The van der Waals surface area contributed by atoms with Crippen LogP contribution >= 0.6 is 11.8 Å². The normalized spacial score (nSPS) is 20.0. The number of hydrogen-bond acceptors (Lipinski definition) is 5. The minimum Gasteiger partial charge on any atom is -0.480 e. The molecule has 2 aliphatic rings. The van der Waals surface area contributed by atoms with Gasteiger partial charge in [0.1, 0.15) is 18.7 Å². The maximum Gasteiger partial charge on any atom is 0.407 e. The second-order valence-corrected chi connectivity index (χ2v) is 10.3. The molecule has 0 saturated carbocycles. The molecule has 3 unspecified atom stereocenters. The molecule has 3 atom stereocenters. The van der Waals surface area contributed by atoms with Crippen molar-refractivity contribution < 1.29 is 24.2 Å². The third kappa shape index (κ3) is 5.48. The number of alkyl carbamates (subject to hydrolysis) is 1. The van der Waals surface area contributed by atoms with Crippen molar-refractivity contribution in [1.82, 2.24) is 10.2 Å². The number of carbonyl (C=O) groups is 3. The van der Waals surface area contributed by atoms with Gasteiger partial charge in [-0.3, -0.25) is 4.79 Å². The van der Waals surface area contributed by atoms with E-state index in [0.29, 0.717) is 25.1 Å². The number of hydrogen-bond donors (Lipinski definition) is 2. The number of carboxylic acids is 1. The molecular formula is C27H32N2O5S. The quantitative estimate of drug-likeness (QED) is 0.564. The Morgan fingerprint density at radius 1 is 1.11 bits per heavy atom. The van der Waals surface area contributed by atoms with Crippen LogP contribution in [0.3, 0.4) is 0 Å². The number of aliphatic carboxylic acids is 1. The van der Waals surface area contributed by atoms with E-state index < -0.39 is 24.1 Å². The zero-order chi connectivity index (χ0) is 24.9. The van der Waals surface area contributed by atoms with Gasteiger partial charge in [0.25, 0.3) is 0 Å². The number of carbonyl (C=O) groups excluding carboxylic acids is 2. The Bertz CT molecular complexity index is 1050. The van der Waals surface area contributed by atoms with Gasteiger partial charge in [0.2, 0.25) is 5.91 Å². The number of nitrogens with zero attached hydrogens (tertiary/aromatic N) is 1. The van der Waals surface area contributed by atoms with Crippen LogP contribution in [0.1, 0.15) is 43.2 Å². The molecule has 8 heteroatoms. The topological polar surface area (TPSA) is 95.9 Å². The summed E-state index contributed by atoms with van der Waals surface area (Å²) in [4.78, 5) is 39.4. The predicted octanol–water partition coefficient (Wildman–Crippen LogP) is 4.36. The number of piperidine rings is 1. The van der Waals surface area contributed by atoms with Gasteiger partial charge in [-0.25, -0.2) is 9.59 Å². The molecule has 186 valence electrons. The first-order chi connectivity index (χ1) is 16.9. The number of carboxylic acid groups (broad SMARTS) is 1. The molecule has 2 amide bonds. The van der Waals surface area contributed by atoms with Crippen molar-refractivity contribution in [2.24, 2.45) is 5.92 Å². The fourth-order valence-electron chi connectivity index (χ4n) is 5.12. The number of nitrogens with one attached hydrogen (secondary N) is 1. The first-order valence-electron chi connectivity index (χ1n) is 12.0. The molecule has 0 radical (unpaired) electrons. The van der Waals surface area contributed by atoms with E-state index >= 15 is 0 Å². The number of thioether (sulfide) groups is 1. The summed E-state index contributed by atoms with van der Waals surface area (Å²) in [6, 6.07) is 14.5. The fourth-order valence-corrected chi connectivity index (χ4v) is 5.59. The van der Waals surface area contributed by atoms with E-state index in [1.54, 1.807) is 11.8 Å². The zero-order valence-electron chi connectivity index (χ0n) is 20.1. The molecule has 1 saturated heterocycles. The highest BCUT2D eigenvalue weighted by Gasteiger charge is 2.38. The van der Waals surface area contributed by atoms with E-state index in [9.17, 15) is 19.5 Å². The molecule has 1 fully saturated rings. The number of amides is 2. The van der Waals surface area contributed by atoms with Gasteiger partial charge in [-0.2, -0.15) is 11.8 Å². The molecule has 4 rings (SSSR count). The van der Waals surface area contributed by atoms with E-state index in [-0.39, 0.29) is 24.3 Å². The van der Waals surface area contributed by atoms with Crippen molar-refractivity contribution in [3.63, 3.8) is 0 Å². The summed E-state index contributed by atoms with van der Waals surface area (Å²) in [5.74, 6) is -0.544. The molecule has 1 heterocycles. The van der Waals surface area contributed by atoms with Gasteiger partial charge >= 0.3 is 12.1 Å². The molecule has 2 aromatic rings. The molecule has 1 aliphatic carbocycles. The Morgan fingerprint density at radius 2 is 1.74 bits per heavy atom. The minimum absolute atomic E-state index is 0.0755. The van der Waals surface area contributed by atoms with Crippen LogP contribution in [0, 0.1) is 5.92 Å². The zero-order valence-corrected chi connectivity index (χ0v) is 20.9. The van der Waals surface area contributed by atoms with Gasteiger partial charge in [-0.1, -0.05) is 55.5 Å². The Morgan fingerprint density at radius 3 is 2.34 bits per heavy atom. The van der Waals surface area contributed by atoms with Gasteiger partial charge in [0, 0.05) is 12.5 Å². The smallest absolute Gasteiger partial charge is 0.407 e. The SMILES string of the molecule is CSCCC(NC(=O)OCC1c2ccccc2-c2ccccc21)C(=O)N1CCC(C)CC1C(=O)O. The minimum atomic E-state index is -1.00. The van der Waals surface area contributed by atoms with Crippen molar-refractivity contribution in [3.05, 3.63) is 59.7 Å². The lowest BCUT2D eigenvalue weighted by Crippen LogP contribution is -2.56. The molecule has 35 heavy (non-hydrogen) atoms. The van der Waals surface area contributed by atoms with Crippen molar-refractivity contribution in [1.29, 1.82) is 0 Å². The molecule has 2 N–H and O–H groups in total. The summed E-state index contributed by atoms with van der Waals surface area (Å²) in [5, 5.41) is 12.4. The van der Waals surface area contributed by atoms with Gasteiger partial charge in [0.15, 0.2) is 0 Å². The standard InChI is InChI=1S/C27H32N2O5S/c1-17-11-13-29(24(15-17)26(31)32)25(30)23(12-14-35-2)28-27(33)34-16-22-20-9-5-3-7-18(20)19-8-4-6-10-21(19)22/h3-10,17,22-24H,11-16H2,1-2H3,(H,28,33)(H,31,32). The fraction of sp³-hybridized carbons (Fsp3) is 0.444. The average Bonchev–Trinajstić information content (AvgIpc) is 3.18. The number of fused-ring (bicyclic) bond motifs is 3. The Balaban J connectivity index is 1.44. The Labute approximate surface area is 210 Å². The maximum atomic E-state index is 13.3. The number of rotatable bonds is 8. The summed E-state index contributed by atoms with van der Waals surface area (Å²) < 4.78 is 5.64. The Kier molecular flexibility index (Phi) is 8.00. The van der Waals surface area contributed by atoms with Crippen LogP contribution in [0.15, 0.2) is 48.5 Å². The predicted molar refractivity (Wildman–Crippen MR) is 137 cm³/mol. The van der Waals surface area contributed by atoms with Crippen molar-refractivity contribution >= 4 is 29.7 Å². The van der Waals surface area contributed by atoms with Gasteiger partial charge < -0.3 is 20.1 Å². The highest BCUT2D eigenvalue weighted by atomic mass is 32.2. The summed E-state index contributed by atoms with van der Waals surface area (Å²) in [5.41, 5.74) is 4.51. The lowest BCUT2D eigenvalue weighted by Gasteiger charge is -2.38. The summed E-state index contributed by atoms with van der Waals surface area (Å²) in [6.45, 7) is 2.53. The number of likely N-dealkylation sites (tertiary alicyclic amines) is 1. The van der Waals surface area contributed by atoms with Gasteiger partial charge in [-0.05, 0) is 59.4 Å². The largest absolute Gasteiger partial charge is 0.480 e. The second kappa shape index (κ2) is 11.2. The molecule has 1 aliphatic heterocycles. The highest BCUT2D eigenvalue weighted by molar-refractivity contribution is 7.98. The first-order valence-corrected chi connectivity index (χ1v) is 13.4. The van der Waals surface area contributed by atoms with Gasteiger partial charge in [0.05, 0.1) is 0 Å². The molecule has 0 bridgehead atoms. The van der Waals surface area contributed by atoms with Crippen molar-refractivity contribution in [3.8, 4) is 11.1 Å². The Hall–Kier alpha value is -3.00. The number of ether oxygens (including phenoxy) is 1. The molecular weight excluding hydrogens is 464 g/mol. The van der Waals surface area contributed by atoms with Crippen LogP contribution in [-0.2, 0) is 14.3 Å². The van der Waals surface area contributed by atoms with E-state index in [0.717, 1.165) is 28.7 Å². The van der Waals surface area contributed by atoms with Crippen LogP contribution in [0.2, 0.25) is 0 Å². The first kappa shape index (κ1) is 25.1. The summed E-state index contributed by atoms with van der Waals surface area (Å²) in [6.07, 6.45) is 2.83. The molecule has 7 nitrogen and oxygen atoms in total. The summed E-state index contributed by atoms with van der Waals surface area (Å²) >= 11 is 1.57. The molecule has 2 aromatic carbocycles. The van der Waals surface area contributed by atoms with Crippen molar-refractivity contribution in [2.45, 2.75) is 44.2 Å². The monoisotopic (exact) mass is 496 g/mol. The summed E-state index contributed by atoms with van der Waals surface area (Å²) in [7, 11) is 0. The lowest BCUT2D eigenvalue weighted by atomic mass is 9.91. The molecule has 0 aromatic heterocycles.